The van der Waals surface area contributed by atoms with Crippen molar-refractivity contribution < 1.29 is 14.7 Å². The third kappa shape index (κ3) is 5.26. The Morgan fingerprint density at radius 1 is 1.20 bits per heavy atom. The standard InChI is InChI=1S/C17H30O3/c1-3-4-5-7-15-10-9-14(8-6-11-18)13(2)16(15)12-17(19)20/h11,13-16H,3-10,12H2,1-2H3,(H,19,20). The minimum Gasteiger partial charge on any atom is -0.481 e. The first-order valence-corrected chi connectivity index (χ1v) is 8.25. The highest BCUT2D eigenvalue weighted by Crippen LogP contribution is 2.44. The predicted molar refractivity (Wildman–Crippen MR) is 80.6 cm³/mol. The Labute approximate surface area is 123 Å². The van der Waals surface area contributed by atoms with E-state index >= 15 is 0 Å². The Bertz CT molecular complexity index is 301. The molecule has 20 heavy (non-hydrogen) atoms. The molecule has 116 valence electrons. The monoisotopic (exact) mass is 282 g/mol. The molecule has 0 heterocycles. The van der Waals surface area contributed by atoms with Crippen LogP contribution in [0.5, 0.6) is 0 Å². The van der Waals surface area contributed by atoms with Gasteiger partial charge in [-0.2, -0.15) is 0 Å². The Morgan fingerprint density at radius 3 is 2.50 bits per heavy atom. The number of aldehydes is 1. The second-order valence-electron chi connectivity index (χ2n) is 6.46. The molecule has 4 unspecified atom stereocenters. The van der Waals surface area contributed by atoms with Gasteiger partial charge in [0.05, 0.1) is 0 Å². The summed E-state index contributed by atoms with van der Waals surface area (Å²) in [7, 11) is 0. The van der Waals surface area contributed by atoms with Crippen LogP contribution in [0.25, 0.3) is 0 Å². The number of carbonyl (C=O) groups excluding carboxylic acids is 1. The van der Waals surface area contributed by atoms with Crippen LogP contribution < -0.4 is 0 Å². The number of carboxylic acid groups (broad SMARTS) is 1. The van der Waals surface area contributed by atoms with Gasteiger partial charge in [0.2, 0.25) is 0 Å². The van der Waals surface area contributed by atoms with Crippen LogP contribution in [0.1, 0.15) is 71.6 Å². The van der Waals surface area contributed by atoms with E-state index in [-0.39, 0.29) is 0 Å². The van der Waals surface area contributed by atoms with Gasteiger partial charge in [0.15, 0.2) is 0 Å². The number of unbranched alkanes of at least 4 members (excludes halogenated alkanes) is 2. The zero-order valence-electron chi connectivity index (χ0n) is 13.0. The van der Waals surface area contributed by atoms with Crippen LogP contribution in [0.4, 0.5) is 0 Å². The average Bonchev–Trinajstić information content (AvgIpc) is 2.41. The van der Waals surface area contributed by atoms with Crippen LogP contribution in [0, 0.1) is 23.7 Å². The molecule has 1 fully saturated rings. The largest absolute Gasteiger partial charge is 0.481 e. The SMILES string of the molecule is CCCCCC1CCC(CCC=O)C(C)C1CC(=O)O. The fourth-order valence-electron chi connectivity index (χ4n) is 3.94. The van der Waals surface area contributed by atoms with E-state index in [1.165, 1.54) is 32.1 Å². The molecule has 0 amide bonds. The van der Waals surface area contributed by atoms with Crippen LogP contribution in [-0.4, -0.2) is 17.4 Å². The van der Waals surface area contributed by atoms with E-state index in [0.717, 1.165) is 19.1 Å². The van der Waals surface area contributed by atoms with Crippen molar-refractivity contribution in [1.29, 1.82) is 0 Å². The Balaban J connectivity index is 2.61. The maximum atomic E-state index is 11.2. The third-order valence-corrected chi connectivity index (χ3v) is 5.18. The molecule has 1 aliphatic rings. The smallest absolute Gasteiger partial charge is 0.303 e. The van der Waals surface area contributed by atoms with Crippen LogP contribution in [0.15, 0.2) is 0 Å². The normalized spacial score (nSPS) is 30.1. The molecule has 1 saturated carbocycles. The minimum absolute atomic E-state index is 0.301. The molecule has 4 atom stereocenters. The molecular formula is C17H30O3. The quantitative estimate of drug-likeness (QED) is 0.506. The van der Waals surface area contributed by atoms with E-state index in [9.17, 15) is 14.7 Å². The molecule has 1 aliphatic carbocycles. The number of carboxylic acids is 1. The zero-order valence-corrected chi connectivity index (χ0v) is 13.0. The number of rotatable bonds is 9. The molecule has 0 aliphatic heterocycles. The number of carbonyl (C=O) groups is 2. The molecule has 0 spiro atoms. The van der Waals surface area contributed by atoms with Crippen molar-refractivity contribution in [3.8, 4) is 0 Å². The van der Waals surface area contributed by atoms with E-state index in [4.69, 9.17) is 0 Å². The summed E-state index contributed by atoms with van der Waals surface area (Å²) in [5.41, 5.74) is 0. The molecule has 0 aromatic rings. The van der Waals surface area contributed by atoms with Gasteiger partial charge in [0.1, 0.15) is 6.29 Å². The van der Waals surface area contributed by atoms with Gasteiger partial charge < -0.3 is 9.90 Å². The van der Waals surface area contributed by atoms with Gasteiger partial charge in [-0.25, -0.2) is 0 Å². The highest BCUT2D eigenvalue weighted by atomic mass is 16.4. The number of hydrogen-bond donors (Lipinski definition) is 1. The second-order valence-corrected chi connectivity index (χ2v) is 6.46. The van der Waals surface area contributed by atoms with E-state index in [0.29, 0.717) is 36.5 Å². The van der Waals surface area contributed by atoms with Gasteiger partial charge in [0, 0.05) is 12.8 Å². The minimum atomic E-state index is -0.668. The Kier molecular flexibility index (Phi) is 7.86. The van der Waals surface area contributed by atoms with Crippen molar-refractivity contribution in [3.63, 3.8) is 0 Å². The summed E-state index contributed by atoms with van der Waals surface area (Å²) in [5, 5.41) is 9.18. The highest BCUT2D eigenvalue weighted by Gasteiger charge is 2.37. The van der Waals surface area contributed by atoms with Gasteiger partial charge >= 0.3 is 5.97 Å². The summed E-state index contributed by atoms with van der Waals surface area (Å²) >= 11 is 0. The average molecular weight is 282 g/mol. The fourth-order valence-corrected chi connectivity index (χ4v) is 3.94. The third-order valence-electron chi connectivity index (χ3n) is 5.18. The molecule has 3 heteroatoms. The second kappa shape index (κ2) is 9.15. The van der Waals surface area contributed by atoms with E-state index < -0.39 is 5.97 Å². The van der Waals surface area contributed by atoms with E-state index in [1.54, 1.807) is 0 Å². The van der Waals surface area contributed by atoms with Crippen LogP contribution in [0.2, 0.25) is 0 Å². The molecule has 0 saturated heterocycles. The maximum Gasteiger partial charge on any atom is 0.303 e. The lowest BCUT2D eigenvalue weighted by Gasteiger charge is -2.41. The van der Waals surface area contributed by atoms with Gasteiger partial charge in [0.25, 0.3) is 0 Å². The fraction of sp³-hybridized carbons (Fsp3) is 0.882. The first-order chi connectivity index (χ1) is 9.60. The summed E-state index contributed by atoms with van der Waals surface area (Å²) in [6.07, 6.45) is 10.0. The zero-order chi connectivity index (χ0) is 15.0. The number of aliphatic carboxylic acids is 1. The molecule has 1 N–H and O–H groups in total. The molecule has 0 aromatic heterocycles. The summed E-state index contributed by atoms with van der Waals surface area (Å²) in [5.74, 6) is 1.17. The topological polar surface area (TPSA) is 54.4 Å². The molecule has 1 rings (SSSR count). The Morgan fingerprint density at radius 2 is 1.90 bits per heavy atom. The van der Waals surface area contributed by atoms with E-state index in [2.05, 4.69) is 13.8 Å². The highest BCUT2D eigenvalue weighted by molar-refractivity contribution is 5.67. The van der Waals surface area contributed by atoms with Gasteiger partial charge in [-0.15, -0.1) is 0 Å². The van der Waals surface area contributed by atoms with Crippen LogP contribution in [-0.2, 0) is 9.59 Å². The molecule has 0 bridgehead atoms. The maximum absolute atomic E-state index is 11.2. The lowest BCUT2D eigenvalue weighted by atomic mass is 9.64. The van der Waals surface area contributed by atoms with Crippen molar-refractivity contribution in [2.75, 3.05) is 0 Å². The molecule has 3 nitrogen and oxygen atoms in total. The first-order valence-electron chi connectivity index (χ1n) is 8.25. The van der Waals surface area contributed by atoms with E-state index in [1.807, 2.05) is 0 Å². The predicted octanol–water partition coefficient (Wildman–Crippen LogP) is 4.30. The molecule has 0 radical (unpaired) electrons. The van der Waals surface area contributed by atoms with Crippen molar-refractivity contribution in [3.05, 3.63) is 0 Å². The van der Waals surface area contributed by atoms with Crippen molar-refractivity contribution in [1.82, 2.24) is 0 Å². The van der Waals surface area contributed by atoms with Gasteiger partial charge in [-0.3, -0.25) is 4.79 Å². The summed E-state index contributed by atoms with van der Waals surface area (Å²) in [4.78, 5) is 21.7. The van der Waals surface area contributed by atoms with Crippen LogP contribution >= 0.6 is 0 Å². The molecule has 0 aromatic carbocycles. The first kappa shape index (κ1) is 17.2. The number of hydrogen-bond acceptors (Lipinski definition) is 2. The Hall–Kier alpha value is -0.860. The summed E-state index contributed by atoms with van der Waals surface area (Å²) in [6.45, 7) is 4.41. The molecular weight excluding hydrogens is 252 g/mol. The summed E-state index contributed by atoms with van der Waals surface area (Å²) < 4.78 is 0. The summed E-state index contributed by atoms with van der Waals surface area (Å²) in [6, 6.07) is 0. The van der Waals surface area contributed by atoms with Crippen LogP contribution in [0.3, 0.4) is 0 Å². The van der Waals surface area contributed by atoms with Gasteiger partial charge in [-0.1, -0.05) is 39.5 Å². The van der Waals surface area contributed by atoms with Gasteiger partial charge in [-0.05, 0) is 42.9 Å². The van der Waals surface area contributed by atoms with Crippen molar-refractivity contribution in [2.24, 2.45) is 23.7 Å². The van der Waals surface area contributed by atoms with Crippen molar-refractivity contribution in [2.45, 2.75) is 71.6 Å². The lowest BCUT2D eigenvalue weighted by Crippen LogP contribution is -2.34. The van der Waals surface area contributed by atoms with Crippen molar-refractivity contribution >= 4 is 12.3 Å². The lowest BCUT2D eigenvalue weighted by molar-refractivity contribution is -0.140.